The van der Waals surface area contributed by atoms with E-state index in [-0.39, 0.29) is 5.54 Å². The number of guanidine groups is 1. The van der Waals surface area contributed by atoms with Crippen molar-refractivity contribution in [1.29, 1.82) is 0 Å². The summed E-state index contributed by atoms with van der Waals surface area (Å²) >= 11 is 0. The molecule has 0 amide bonds. The average Bonchev–Trinajstić information content (AvgIpc) is 2.32. The maximum absolute atomic E-state index is 5.51. The van der Waals surface area contributed by atoms with Crippen LogP contribution in [0.3, 0.4) is 0 Å². The van der Waals surface area contributed by atoms with E-state index in [9.17, 15) is 0 Å². The highest BCUT2D eigenvalue weighted by Crippen LogP contribution is 2.17. The Morgan fingerprint density at radius 2 is 2.41 bits per heavy atom. The lowest BCUT2D eigenvalue weighted by Crippen LogP contribution is -2.55. The fourth-order valence-electron chi connectivity index (χ4n) is 2.27. The number of hydrogen-bond donors (Lipinski definition) is 2. The summed E-state index contributed by atoms with van der Waals surface area (Å²) in [5.41, 5.74) is 0.154. The zero-order valence-electron chi connectivity index (χ0n) is 11.0. The number of aliphatic imine (C=N–C) groups is 1. The Hall–Kier alpha value is -0.810. The second-order valence-corrected chi connectivity index (χ2v) is 5.29. The van der Waals surface area contributed by atoms with Gasteiger partial charge in [0, 0.05) is 38.3 Å². The molecule has 2 heterocycles. The Morgan fingerprint density at radius 3 is 3.12 bits per heavy atom. The van der Waals surface area contributed by atoms with E-state index in [1.54, 1.807) is 0 Å². The van der Waals surface area contributed by atoms with Gasteiger partial charge in [0.2, 0.25) is 0 Å². The predicted octanol–water partition coefficient (Wildman–Crippen LogP) is 0.0361. The molecule has 2 N–H and O–H groups in total. The van der Waals surface area contributed by atoms with Crippen LogP contribution in [0, 0.1) is 0 Å². The molecule has 5 nitrogen and oxygen atoms in total. The van der Waals surface area contributed by atoms with Crippen LogP contribution in [0.1, 0.15) is 20.3 Å². The first-order valence-electron chi connectivity index (χ1n) is 6.53. The molecule has 1 saturated heterocycles. The van der Waals surface area contributed by atoms with Gasteiger partial charge in [-0.2, -0.15) is 0 Å². The lowest BCUT2D eigenvalue weighted by molar-refractivity contribution is -0.0496. The molecule has 0 aliphatic carbocycles. The summed E-state index contributed by atoms with van der Waals surface area (Å²) < 4.78 is 5.51. The Bertz CT molecular complexity index is 278. The average molecular weight is 240 g/mol. The normalized spacial score (nSPS) is 24.9. The summed E-state index contributed by atoms with van der Waals surface area (Å²) in [6, 6.07) is 0. The van der Waals surface area contributed by atoms with E-state index in [0.29, 0.717) is 0 Å². The van der Waals surface area contributed by atoms with Gasteiger partial charge in [0.1, 0.15) is 0 Å². The Balaban J connectivity index is 1.72. The minimum atomic E-state index is 0.154. The lowest BCUT2D eigenvalue weighted by Gasteiger charge is -2.42. The summed E-state index contributed by atoms with van der Waals surface area (Å²) in [6.45, 7) is 11.1. The van der Waals surface area contributed by atoms with Crippen LogP contribution in [0.5, 0.6) is 0 Å². The minimum Gasteiger partial charge on any atom is -0.378 e. The highest BCUT2D eigenvalue weighted by Gasteiger charge is 2.29. The second-order valence-electron chi connectivity index (χ2n) is 5.29. The molecule has 5 heteroatoms. The third-order valence-electron chi connectivity index (χ3n) is 3.39. The largest absolute Gasteiger partial charge is 0.378 e. The summed E-state index contributed by atoms with van der Waals surface area (Å²) in [5, 5.41) is 6.64. The van der Waals surface area contributed by atoms with Crippen molar-refractivity contribution in [1.82, 2.24) is 15.5 Å². The first-order chi connectivity index (χ1) is 8.18. The van der Waals surface area contributed by atoms with Crippen molar-refractivity contribution in [3.63, 3.8) is 0 Å². The topological polar surface area (TPSA) is 48.9 Å². The molecule has 0 aromatic carbocycles. The fraction of sp³-hybridized carbons (Fsp3) is 0.917. The van der Waals surface area contributed by atoms with Gasteiger partial charge in [0.05, 0.1) is 13.2 Å². The molecule has 0 unspecified atom stereocenters. The van der Waals surface area contributed by atoms with Crippen molar-refractivity contribution < 1.29 is 4.74 Å². The number of rotatable bonds is 3. The molecule has 98 valence electrons. The quantitative estimate of drug-likeness (QED) is 0.731. The van der Waals surface area contributed by atoms with Gasteiger partial charge in [-0.3, -0.25) is 9.89 Å². The summed E-state index contributed by atoms with van der Waals surface area (Å²) in [5.74, 6) is 0.960. The van der Waals surface area contributed by atoms with Gasteiger partial charge in [-0.1, -0.05) is 0 Å². The third kappa shape index (κ3) is 3.57. The zero-order chi connectivity index (χ0) is 12.1. The first kappa shape index (κ1) is 12.6. The van der Waals surface area contributed by atoms with Gasteiger partial charge in [-0.15, -0.1) is 0 Å². The van der Waals surface area contributed by atoms with Gasteiger partial charge in [-0.05, 0) is 20.3 Å². The molecule has 2 aliphatic rings. The highest BCUT2D eigenvalue weighted by molar-refractivity contribution is 5.80. The van der Waals surface area contributed by atoms with Crippen LogP contribution in [-0.2, 0) is 4.74 Å². The molecular weight excluding hydrogens is 216 g/mol. The number of ether oxygens (including phenoxy) is 1. The Kier molecular flexibility index (Phi) is 4.23. The van der Waals surface area contributed by atoms with E-state index in [1.807, 2.05) is 0 Å². The lowest BCUT2D eigenvalue weighted by atomic mass is 10.0. The molecule has 1 fully saturated rings. The van der Waals surface area contributed by atoms with Gasteiger partial charge in [0.25, 0.3) is 0 Å². The zero-order valence-corrected chi connectivity index (χ0v) is 11.0. The molecular formula is C12H24N4O. The molecule has 0 radical (unpaired) electrons. The predicted molar refractivity (Wildman–Crippen MR) is 69.4 cm³/mol. The van der Waals surface area contributed by atoms with Crippen LogP contribution in [0.15, 0.2) is 4.99 Å². The monoisotopic (exact) mass is 240 g/mol. The Labute approximate surface area is 104 Å². The van der Waals surface area contributed by atoms with Crippen molar-refractivity contribution in [3.8, 4) is 0 Å². The third-order valence-corrected chi connectivity index (χ3v) is 3.39. The van der Waals surface area contributed by atoms with E-state index in [0.717, 1.165) is 58.3 Å². The Morgan fingerprint density at radius 1 is 1.53 bits per heavy atom. The van der Waals surface area contributed by atoms with Gasteiger partial charge >= 0.3 is 0 Å². The van der Waals surface area contributed by atoms with Crippen LogP contribution in [0.4, 0.5) is 0 Å². The number of hydrogen-bond acceptors (Lipinski definition) is 5. The summed E-state index contributed by atoms with van der Waals surface area (Å²) in [6.07, 6.45) is 1.14. The molecule has 2 aliphatic heterocycles. The van der Waals surface area contributed by atoms with Crippen LogP contribution >= 0.6 is 0 Å². The molecule has 2 rings (SSSR count). The summed E-state index contributed by atoms with van der Waals surface area (Å²) in [4.78, 5) is 6.88. The van der Waals surface area contributed by atoms with E-state index in [4.69, 9.17) is 4.74 Å². The van der Waals surface area contributed by atoms with Crippen molar-refractivity contribution in [3.05, 3.63) is 0 Å². The number of nitrogens with zero attached hydrogens (tertiary/aromatic N) is 2. The van der Waals surface area contributed by atoms with Crippen LogP contribution in [0.25, 0.3) is 0 Å². The maximum atomic E-state index is 5.51. The van der Waals surface area contributed by atoms with E-state index in [1.165, 1.54) is 0 Å². The van der Waals surface area contributed by atoms with Gasteiger partial charge < -0.3 is 15.4 Å². The molecule has 17 heavy (non-hydrogen) atoms. The van der Waals surface area contributed by atoms with E-state index >= 15 is 0 Å². The van der Waals surface area contributed by atoms with Crippen molar-refractivity contribution >= 4 is 5.96 Å². The van der Waals surface area contributed by atoms with E-state index in [2.05, 4.69) is 34.4 Å². The number of morpholine rings is 1. The SMILES string of the molecule is CC1(C)COCCN1CCNC1=NCCCN1. The van der Waals surface area contributed by atoms with Crippen LogP contribution in [0.2, 0.25) is 0 Å². The molecule has 0 aromatic heterocycles. The first-order valence-corrected chi connectivity index (χ1v) is 6.53. The highest BCUT2D eigenvalue weighted by atomic mass is 16.5. The van der Waals surface area contributed by atoms with Crippen molar-refractivity contribution in [2.45, 2.75) is 25.8 Å². The molecule has 0 bridgehead atoms. The van der Waals surface area contributed by atoms with Crippen LogP contribution < -0.4 is 10.6 Å². The van der Waals surface area contributed by atoms with Crippen molar-refractivity contribution in [2.24, 2.45) is 4.99 Å². The second kappa shape index (κ2) is 5.69. The van der Waals surface area contributed by atoms with E-state index < -0.39 is 0 Å². The number of nitrogens with one attached hydrogen (secondary N) is 2. The van der Waals surface area contributed by atoms with Crippen molar-refractivity contribution in [2.75, 3.05) is 45.9 Å². The molecule has 0 saturated carbocycles. The molecule has 0 spiro atoms. The van der Waals surface area contributed by atoms with Gasteiger partial charge in [-0.25, -0.2) is 0 Å². The fourth-order valence-corrected chi connectivity index (χ4v) is 2.27. The van der Waals surface area contributed by atoms with Gasteiger partial charge in [0.15, 0.2) is 5.96 Å². The molecule has 0 atom stereocenters. The smallest absolute Gasteiger partial charge is 0.191 e. The maximum Gasteiger partial charge on any atom is 0.191 e. The van der Waals surface area contributed by atoms with Crippen LogP contribution in [-0.4, -0.2) is 62.3 Å². The minimum absolute atomic E-state index is 0.154. The molecule has 0 aromatic rings. The standard InChI is InChI=1S/C12H24N4O/c1-12(2)10-17-9-8-16(12)7-6-15-11-13-4-3-5-14-11/h3-10H2,1-2H3,(H2,13,14,15). The summed E-state index contributed by atoms with van der Waals surface area (Å²) in [7, 11) is 0.